The molecule has 1 aromatic heterocycles. The molecule has 7 heteroatoms. The molecular formula is C36H35N3O3S. The van der Waals surface area contributed by atoms with Crippen LogP contribution < -0.4 is 10.0 Å². The largest absolute Gasteiger partial charge is 0.440 e. The van der Waals surface area contributed by atoms with Gasteiger partial charge in [-0.1, -0.05) is 84.6 Å². The van der Waals surface area contributed by atoms with E-state index < -0.39 is 10.0 Å². The Morgan fingerprint density at radius 2 is 1.42 bits per heavy atom. The second-order valence-electron chi connectivity index (χ2n) is 11.3. The average molecular weight is 590 g/mol. The number of oxazole rings is 1. The van der Waals surface area contributed by atoms with Gasteiger partial charge in [0, 0.05) is 35.2 Å². The van der Waals surface area contributed by atoms with Crippen molar-refractivity contribution < 1.29 is 12.8 Å². The summed E-state index contributed by atoms with van der Waals surface area (Å²) in [5.74, 6) is 7.53. The van der Waals surface area contributed by atoms with Crippen molar-refractivity contribution in [1.29, 1.82) is 0 Å². The van der Waals surface area contributed by atoms with Gasteiger partial charge in [-0.25, -0.2) is 18.1 Å². The highest BCUT2D eigenvalue weighted by molar-refractivity contribution is 7.89. The zero-order valence-electron chi connectivity index (χ0n) is 24.6. The molecule has 4 aromatic carbocycles. The molecule has 0 aliphatic carbocycles. The normalized spacial score (nSPS) is 11.6. The predicted molar refractivity (Wildman–Crippen MR) is 172 cm³/mol. The molecule has 0 saturated carbocycles. The maximum atomic E-state index is 12.9. The number of rotatable bonds is 9. The van der Waals surface area contributed by atoms with E-state index in [2.05, 4.69) is 42.7 Å². The molecule has 1 heterocycles. The Hall–Kier alpha value is -4.48. The fraction of sp³-hybridized carbons (Fsp3) is 0.194. The summed E-state index contributed by atoms with van der Waals surface area (Å²) in [7, 11) is -3.68. The Morgan fingerprint density at radius 3 is 2.07 bits per heavy atom. The van der Waals surface area contributed by atoms with Crippen LogP contribution in [0.25, 0.3) is 22.6 Å². The van der Waals surface area contributed by atoms with E-state index in [1.807, 2.05) is 84.9 Å². The first-order chi connectivity index (χ1) is 20.7. The molecule has 0 radical (unpaired) electrons. The number of aromatic nitrogens is 1. The molecule has 0 spiro atoms. The monoisotopic (exact) mass is 589 g/mol. The summed E-state index contributed by atoms with van der Waals surface area (Å²) in [5.41, 5.74) is 5.30. The van der Waals surface area contributed by atoms with Gasteiger partial charge in [0.05, 0.1) is 11.4 Å². The van der Waals surface area contributed by atoms with Gasteiger partial charge in [0.2, 0.25) is 10.0 Å². The van der Waals surface area contributed by atoms with Gasteiger partial charge >= 0.3 is 0 Å². The molecule has 0 fully saturated rings. The van der Waals surface area contributed by atoms with E-state index >= 15 is 0 Å². The molecule has 2 N–H and O–H groups in total. The second kappa shape index (κ2) is 13.2. The highest BCUT2D eigenvalue weighted by Gasteiger charge is 2.19. The molecule has 218 valence electrons. The minimum atomic E-state index is -3.68. The zero-order valence-corrected chi connectivity index (χ0v) is 25.4. The quantitative estimate of drug-likeness (QED) is 0.184. The second-order valence-corrected chi connectivity index (χ2v) is 13.0. The highest BCUT2D eigenvalue weighted by atomic mass is 32.2. The smallest absolute Gasteiger partial charge is 0.240 e. The fourth-order valence-electron chi connectivity index (χ4n) is 4.41. The lowest BCUT2D eigenvalue weighted by atomic mass is 10.1. The standard InChI is InChI=1S/C36H35N3O3S/c1-36(2,3)37-24-10-13-27-16-18-28(19-17-27)25-33-39-34(30-14-8-5-9-15-30)35(42-33)31-20-22-32(23-21-31)43(40,41)38-26-29-11-6-4-7-12-29/h4-9,11-12,14-23,37-38H,24-26H2,1-3H3. The van der Waals surface area contributed by atoms with Crippen LogP contribution >= 0.6 is 0 Å². The number of hydrogen-bond acceptors (Lipinski definition) is 5. The van der Waals surface area contributed by atoms with Gasteiger partial charge in [-0.15, -0.1) is 0 Å². The summed E-state index contributed by atoms with van der Waals surface area (Å²) < 4.78 is 34.8. The third kappa shape index (κ3) is 8.30. The molecule has 0 atom stereocenters. The molecule has 0 saturated heterocycles. The first-order valence-corrected chi connectivity index (χ1v) is 15.7. The minimum absolute atomic E-state index is 0.0332. The maximum absolute atomic E-state index is 12.9. The number of sulfonamides is 1. The zero-order chi connectivity index (χ0) is 30.3. The lowest BCUT2D eigenvalue weighted by Crippen LogP contribution is -2.35. The van der Waals surface area contributed by atoms with E-state index in [4.69, 9.17) is 9.40 Å². The summed E-state index contributed by atoms with van der Waals surface area (Å²) in [6.45, 7) is 7.20. The van der Waals surface area contributed by atoms with Crippen LogP contribution in [0.3, 0.4) is 0 Å². The van der Waals surface area contributed by atoms with E-state index in [1.54, 1.807) is 24.3 Å². The van der Waals surface area contributed by atoms with Gasteiger partial charge in [-0.2, -0.15) is 0 Å². The third-order valence-corrected chi connectivity index (χ3v) is 8.12. The van der Waals surface area contributed by atoms with E-state index in [0.29, 0.717) is 30.3 Å². The van der Waals surface area contributed by atoms with Gasteiger partial charge in [0.15, 0.2) is 11.7 Å². The van der Waals surface area contributed by atoms with Crippen LogP contribution in [0.5, 0.6) is 0 Å². The SMILES string of the molecule is CC(C)(C)NCC#Cc1ccc(Cc2nc(-c3ccccc3)c(-c3ccc(S(=O)(=O)NCc4ccccc4)cc3)o2)cc1. The van der Waals surface area contributed by atoms with Crippen LogP contribution in [0.15, 0.2) is 119 Å². The Balaban J connectivity index is 1.35. The van der Waals surface area contributed by atoms with Crippen molar-refractivity contribution in [1.82, 2.24) is 15.0 Å². The molecular weight excluding hydrogens is 554 g/mol. The van der Waals surface area contributed by atoms with Crippen molar-refractivity contribution in [2.24, 2.45) is 0 Å². The topological polar surface area (TPSA) is 84.2 Å². The van der Waals surface area contributed by atoms with Crippen molar-refractivity contribution in [2.45, 2.75) is 44.2 Å². The van der Waals surface area contributed by atoms with E-state index in [9.17, 15) is 8.42 Å². The van der Waals surface area contributed by atoms with Crippen molar-refractivity contribution >= 4 is 10.0 Å². The maximum Gasteiger partial charge on any atom is 0.240 e. The number of nitrogens with zero attached hydrogens (tertiary/aromatic N) is 1. The molecule has 5 rings (SSSR count). The van der Waals surface area contributed by atoms with Crippen molar-refractivity contribution in [3.8, 4) is 34.4 Å². The number of hydrogen-bond donors (Lipinski definition) is 2. The number of nitrogens with one attached hydrogen (secondary N) is 2. The van der Waals surface area contributed by atoms with Crippen LogP contribution in [-0.2, 0) is 23.0 Å². The molecule has 5 aromatic rings. The Labute approximate surface area is 254 Å². The lowest BCUT2D eigenvalue weighted by Gasteiger charge is -2.18. The Kier molecular flexibility index (Phi) is 9.22. The van der Waals surface area contributed by atoms with Crippen molar-refractivity contribution in [2.75, 3.05) is 6.54 Å². The van der Waals surface area contributed by atoms with E-state index in [1.165, 1.54) is 0 Å². The van der Waals surface area contributed by atoms with Crippen molar-refractivity contribution in [3.05, 3.63) is 132 Å². The summed E-state index contributed by atoms with van der Waals surface area (Å²) >= 11 is 0. The molecule has 0 aliphatic heterocycles. The fourth-order valence-corrected chi connectivity index (χ4v) is 5.42. The molecule has 0 bridgehead atoms. The van der Waals surface area contributed by atoms with Gasteiger partial charge < -0.3 is 9.73 Å². The summed E-state index contributed by atoms with van der Waals surface area (Å²) in [4.78, 5) is 5.04. The molecule has 0 amide bonds. The molecule has 0 aliphatic rings. The summed E-state index contributed by atoms with van der Waals surface area (Å²) in [5, 5.41) is 3.37. The van der Waals surface area contributed by atoms with Crippen LogP contribution in [0.4, 0.5) is 0 Å². The van der Waals surface area contributed by atoms with E-state index in [0.717, 1.165) is 27.8 Å². The predicted octanol–water partition coefficient (Wildman–Crippen LogP) is 6.82. The van der Waals surface area contributed by atoms with Crippen LogP contribution in [-0.4, -0.2) is 25.5 Å². The highest BCUT2D eigenvalue weighted by Crippen LogP contribution is 2.34. The third-order valence-electron chi connectivity index (χ3n) is 6.70. The first-order valence-electron chi connectivity index (χ1n) is 14.2. The average Bonchev–Trinajstić information content (AvgIpc) is 3.43. The Morgan fingerprint density at radius 1 is 0.767 bits per heavy atom. The van der Waals surface area contributed by atoms with Gasteiger partial charge in [0.1, 0.15) is 5.69 Å². The van der Waals surface area contributed by atoms with Gasteiger partial charge in [-0.05, 0) is 68.3 Å². The van der Waals surface area contributed by atoms with Crippen LogP contribution in [0.2, 0.25) is 0 Å². The molecule has 6 nitrogen and oxygen atoms in total. The molecule has 43 heavy (non-hydrogen) atoms. The Bertz CT molecular complexity index is 1810. The summed E-state index contributed by atoms with van der Waals surface area (Å²) in [6.07, 6.45) is 0.509. The lowest BCUT2D eigenvalue weighted by molar-refractivity contribution is 0.452. The van der Waals surface area contributed by atoms with Crippen LogP contribution in [0.1, 0.15) is 43.4 Å². The van der Waals surface area contributed by atoms with E-state index in [-0.39, 0.29) is 17.0 Å². The minimum Gasteiger partial charge on any atom is -0.440 e. The number of benzene rings is 4. The molecule has 0 unspecified atom stereocenters. The van der Waals surface area contributed by atoms with Crippen molar-refractivity contribution in [3.63, 3.8) is 0 Å². The van der Waals surface area contributed by atoms with Gasteiger partial charge in [-0.3, -0.25) is 0 Å². The summed E-state index contributed by atoms with van der Waals surface area (Å²) in [6, 6.07) is 34.1. The first kappa shape index (κ1) is 30.0. The van der Waals surface area contributed by atoms with Gasteiger partial charge in [0.25, 0.3) is 0 Å². The van der Waals surface area contributed by atoms with Crippen LogP contribution in [0, 0.1) is 11.8 Å².